The molecule has 0 aliphatic heterocycles. The molecule has 2 aromatic rings. The first-order valence-corrected chi connectivity index (χ1v) is 5.83. The van der Waals surface area contributed by atoms with E-state index in [4.69, 9.17) is 5.73 Å². The van der Waals surface area contributed by atoms with Gasteiger partial charge in [-0.1, -0.05) is 12.1 Å². The minimum absolute atomic E-state index is 0.230. The van der Waals surface area contributed by atoms with Gasteiger partial charge in [-0.05, 0) is 29.8 Å². The summed E-state index contributed by atoms with van der Waals surface area (Å²) in [5, 5.41) is 2.74. The summed E-state index contributed by atoms with van der Waals surface area (Å²) in [4.78, 5) is 15.8. The van der Waals surface area contributed by atoms with Crippen LogP contribution in [-0.2, 0) is 0 Å². The van der Waals surface area contributed by atoms with Crippen LogP contribution >= 0.6 is 0 Å². The Morgan fingerprint density at radius 3 is 2.42 bits per heavy atom. The van der Waals surface area contributed by atoms with Crippen LogP contribution in [0.4, 0.5) is 10.1 Å². The van der Waals surface area contributed by atoms with E-state index >= 15 is 0 Å². The fraction of sp³-hybridized carbons (Fsp3) is 0.143. The Balaban J connectivity index is 2.08. The van der Waals surface area contributed by atoms with E-state index in [2.05, 4.69) is 10.3 Å². The van der Waals surface area contributed by atoms with Crippen LogP contribution in [0.15, 0.2) is 48.8 Å². The zero-order valence-electron chi connectivity index (χ0n) is 10.2. The molecule has 0 fully saturated rings. The van der Waals surface area contributed by atoms with E-state index in [-0.39, 0.29) is 5.91 Å². The molecule has 0 saturated carbocycles. The largest absolute Gasteiger partial charge is 0.322 e. The molecule has 0 aliphatic carbocycles. The molecule has 1 unspecified atom stereocenters. The van der Waals surface area contributed by atoms with Crippen LogP contribution in [-0.4, -0.2) is 17.6 Å². The molecule has 0 bridgehead atoms. The number of halogens is 1. The van der Waals surface area contributed by atoms with Crippen LogP contribution in [0.1, 0.15) is 22.0 Å². The van der Waals surface area contributed by atoms with Crippen LogP contribution in [0.2, 0.25) is 0 Å². The molecule has 1 atom stereocenters. The third-order valence-electron chi connectivity index (χ3n) is 2.71. The van der Waals surface area contributed by atoms with Gasteiger partial charge in [0, 0.05) is 23.6 Å². The number of amides is 1. The first-order chi connectivity index (χ1) is 9.20. The van der Waals surface area contributed by atoms with Gasteiger partial charge in [-0.3, -0.25) is 9.78 Å². The Hall–Kier alpha value is -2.27. The number of alkyl halides is 1. The lowest BCUT2D eigenvalue weighted by Gasteiger charge is -2.09. The maximum Gasteiger partial charge on any atom is 0.255 e. The second-order valence-corrected chi connectivity index (χ2v) is 4.07. The SMILES string of the molecule is NC(CF)c1ccc(C(=O)Nc2ccncc2)cc1. The predicted octanol–water partition coefficient (Wildman–Crippen LogP) is 2.30. The quantitative estimate of drug-likeness (QED) is 0.885. The number of anilines is 1. The number of aromatic nitrogens is 1. The number of pyridine rings is 1. The average Bonchev–Trinajstić information content (AvgIpc) is 2.47. The van der Waals surface area contributed by atoms with Gasteiger partial charge in [0.15, 0.2) is 0 Å². The highest BCUT2D eigenvalue weighted by molar-refractivity contribution is 6.04. The van der Waals surface area contributed by atoms with Crippen molar-refractivity contribution in [1.29, 1.82) is 0 Å². The maximum absolute atomic E-state index is 12.4. The molecule has 1 amide bonds. The van der Waals surface area contributed by atoms with Gasteiger partial charge in [0.2, 0.25) is 0 Å². The molecule has 19 heavy (non-hydrogen) atoms. The van der Waals surface area contributed by atoms with E-state index in [0.717, 1.165) is 0 Å². The Kier molecular flexibility index (Phi) is 4.20. The van der Waals surface area contributed by atoms with Crippen LogP contribution < -0.4 is 11.1 Å². The maximum atomic E-state index is 12.4. The summed E-state index contributed by atoms with van der Waals surface area (Å²) in [6.45, 7) is -0.622. The molecule has 0 radical (unpaired) electrons. The van der Waals surface area contributed by atoms with Gasteiger partial charge in [0.05, 0.1) is 6.04 Å². The van der Waals surface area contributed by atoms with Crippen LogP contribution in [0.3, 0.4) is 0 Å². The van der Waals surface area contributed by atoms with E-state index in [1.54, 1.807) is 48.8 Å². The van der Waals surface area contributed by atoms with Crippen molar-refractivity contribution in [3.05, 3.63) is 59.9 Å². The van der Waals surface area contributed by atoms with Gasteiger partial charge in [0.1, 0.15) is 6.67 Å². The van der Waals surface area contributed by atoms with Crippen molar-refractivity contribution in [3.8, 4) is 0 Å². The summed E-state index contributed by atoms with van der Waals surface area (Å²) in [7, 11) is 0. The zero-order chi connectivity index (χ0) is 13.7. The standard InChI is InChI=1S/C14H14FN3O/c15-9-13(16)10-1-3-11(4-2-10)14(19)18-12-5-7-17-8-6-12/h1-8,13H,9,16H2,(H,17,18,19). The first-order valence-electron chi connectivity index (χ1n) is 5.83. The summed E-state index contributed by atoms with van der Waals surface area (Å²) in [6, 6.07) is 9.33. The monoisotopic (exact) mass is 259 g/mol. The van der Waals surface area contributed by atoms with Crippen LogP contribution in [0, 0.1) is 0 Å². The summed E-state index contributed by atoms with van der Waals surface area (Å²) >= 11 is 0. The van der Waals surface area contributed by atoms with Gasteiger partial charge >= 0.3 is 0 Å². The third-order valence-corrected chi connectivity index (χ3v) is 2.71. The molecular formula is C14H14FN3O. The molecule has 5 heteroatoms. The van der Waals surface area contributed by atoms with Crippen molar-refractivity contribution in [1.82, 2.24) is 4.98 Å². The number of nitrogens with zero attached hydrogens (tertiary/aromatic N) is 1. The van der Waals surface area contributed by atoms with Crippen molar-refractivity contribution in [2.45, 2.75) is 6.04 Å². The van der Waals surface area contributed by atoms with E-state index in [0.29, 0.717) is 16.8 Å². The molecule has 3 N–H and O–H groups in total. The number of carbonyl (C=O) groups excluding carboxylic acids is 1. The lowest BCUT2D eigenvalue weighted by Crippen LogP contribution is -2.14. The third kappa shape index (κ3) is 3.35. The van der Waals surface area contributed by atoms with Crippen molar-refractivity contribution < 1.29 is 9.18 Å². The molecule has 1 aromatic carbocycles. The molecule has 0 saturated heterocycles. The predicted molar refractivity (Wildman–Crippen MR) is 71.5 cm³/mol. The van der Waals surface area contributed by atoms with E-state index in [1.165, 1.54) is 0 Å². The Bertz CT molecular complexity index is 542. The molecule has 98 valence electrons. The topological polar surface area (TPSA) is 68.0 Å². The number of benzene rings is 1. The average molecular weight is 259 g/mol. The van der Waals surface area contributed by atoms with Crippen molar-refractivity contribution in [2.75, 3.05) is 12.0 Å². The smallest absolute Gasteiger partial charge is 0.255 e. The van der Waals surface area contributed by atoms with Crippen molar-refractivity contribution in [3.63, 3.8) is 0 Å². The van der Waals surface area contributed by atoms with E-state index in [1.807, 2.05) is 0 Å². The molecule has 4 nitrogen and oxygen atoms in total. The summed E-state index contributed by atoms with van der Waals surface area (Å²) < 4.78 is 12.4. The molecule has 1 heterocycles. The second-order valence-electron chi connectivity index (χ2n) is 4.07. The summed E-state index contributed by atoms with van der Waals surface area (Å²) in [5.74, 6) is -0.230. The normalized spacial score (nSPS) is 11.9. The molecule has 1 aromatic heterocycles. The Morgan fingerprint density at radius 2 is 1.84 bits per heavy atom. The summed E-state index contributed by atoms with van der Waals surface area (Å²) in [5.41, 5.74) is 7.39. The first kappa shape index (κ1) is 13.2. The lowest BCUT2D eigenvalue weighted by molar-refractivity contribution is 0.102. The lowest BCUT2D eigenvalue weighted by atomic mass is 10.1. The Morgan fingerprint density at radius 1 is 1.21 bits per heavy atom. The van der Waals surface area contributed by atoms with Crippen LogP contribution in [0.5, 0.6) is 0 Å². The highest BCUT2D eigenvalue weighted by Gasteiger charge is 2.08. The van der Waals surface area contributed by atoms with Crippen molar-refractivity contribution >= 4 is 11.6 Å². The highest BCUT2D eigenvalue weighted by atomic mass is 19.1. The second kappa shape index (κ2) is 6.06. The zero-order valence-corrected chi connectivity index (χ0v) is 10.2. The molecule has 0 aliphatic rings. The highest BCUT2D eigenvalue weighted by Crippen LogP contribution is 2.13. The van der Waals surface area contributed by atoms with Gasteiger partial charge in [-0.2, -0.15) is 0 Å². The fourth-order valence-electron chi connectivity index (χ4n) is 1.61. The Labute approximate surface area is 110 Å². The molecule has 0 spiro atoms. The van der Waals surface area contributed by atoms with Gasteiger partial charge < -0.3 is 11.1 Å². The van der Waals surface area contributed by atoms with Crippen LogP contribution in [0.25, 0.3) is 0 Å². The molecule has 2 rings (SSSR count). The minimum atomic E-state index is -0.641. The number of hydrogen-bond acceptors (Lipinski definition) is 3. The van der Waals surface area contributed by atoms with Gasteiger partial charge in [-0.25, -0.2) is 4.39 Å². The van der Waals surface area contributed by atoms with Crippen molar-refractivity contribution in [2.24, 2.45) is 5.73 Å². The number of nitrogens with two attached hydrogens (primary N) is 1. The van der Waals surface area contributed by atoms with Gasteiger partial charge in [0.25, 0.3) is 5.91 Å². The van der Waals surface area contributed by atoms with E-state index in [9.17, 15) is 9.18 Å². The molecular weight excluding hydrogens is 245 g/mol. The summed E-state index contributed by atoms with van der Waals surface area (Å²) in [6.07, 6.45) is 3.19. The fourth-order valence-corrected chi connectivity index (χ4v) is 1.61. The number of rotatable bonds is 4. The minimum Gasteiger partial charge on any atom is -0.322 e. The van der Waals surface area contributed by atoms with E-state index < -0.39 is 12.7 Å². The number of nitrogens with one attached hydrogen (secondary N) is 1. The number of carbonyl (C=O) groups is 1. The van der Waals surface area contributed by atoms with Gasteiger partial charge in [-0.15, -0.1) is 0 Å². The number of hydrogen-bond donors (Lipinski definition) is 2.